The molecule has 1 aromatic carbocycles. The summed E-state index contributed by atoms with van der Waals surface area (Å²) in [7, 11) is 0. The highest BCUT2D eigenvalue weighted by Crippen LogP contribution is 2.41. The third kappa shape index (κ3) is 3.04. The minimum absolute atomic E-state index is 0.216. The van der Waals surface area contributed by atoms with Crippen LogP contribution in [0.4, 0.5) is 8.78 Å². The van der Waals surface area contributed by atoms with Crippen molar-refractivity contribution in [2.24, 2.45) is 0 Å². The van der Waals surface area contributed by atoms with E-state index in [0.717, 1.165) is 12.1 Å². The molecule has 3 heterocycles. The van der Waals surface area contributed by atoms with Gasteiger partial charge in [0.1, 0.15) is 11.1 Å². The lowest BCUT2D eigenvalue weighted by Gasteiger charge is -2.38. The standard InChI is InChI=1S/C17H18F2N4O2S/c1-9-20-17-23(21-9)16(25)15(26-17)14(22-6-4-11(24)5-7-22)10-2-3-12(18)13(19)8-10/h2-3,8,11,14-15,24H,4-7H2,1H3. The van der Waals surface area contributed by atoms with Crippen LogP contribution in [0.15, 0.2) is 23.4 Å². The van der Waals surface area contributed by atoms with Crippen LogP contribution >= 0.6 is 11.8 Å². The highest BCUT2D eigenvalue weighted by Gasteiger charge is 2.43. The molecule has 4 rings (SSSR count). The molecular weight excluding hydrogens is 362 g/mol. The van der Waals surface area contributed by atoms with Crippen molar-refractivity contribution in [3.63, 3.8) is 0 Å². The lowest BCUT2D eigenvalue weighted by Crippen LogP contribution is -2.44. The van der Waals surface area contributed by atoms with Crippen molar-refractivity contribution in [1.29, 1.82) is 0 Å². The third-order valence-corrected chi connectivity index (χ3v) is 6.02. The maximum absolute atomic E-state index is 13.9. The molecule has 0 aliphatic carbocycles. The average molecular weight is 380 g/mol. The van der Waals surface area contributed by atoms with Crippen LogP contribution in [-0.2, 0) is 0 Å². The largest absolute Gasteiger partial charge is 0.393 e. The Morgan fingerprint density at radius 3 is 2.65 bits per heavy atom. The van der Waals surface area contributed by atoms with E-state index in [2.05, 4.69) is 10.1 Å². The molecule has 1 saturated heterocycles. The van der Waals surface area contributed by atoms with Gasteiger partial charge in [-0.15, -0.1) is 5.10 Å². The van der Waals surface area contributed by atoms with Gasteiger partial charge in [0.15, 0.2) is 16.8 Å². The molecule has 0 saturated carbocycles. The topological polar surface area (TPSA) is 71.2 Å². The first kappa shape index (κ1) is 17.6. The zero-order valence-corrected chi connectivity index (χ0v) is 14.9. The molecule has 9 heteroatoms. The van der Waals surface area contributed by atoms with E-state index in [1.807, 2.05) is 4.90 Å². The number of aromatic nitrogens is 3. The van der Waals surface area contributed by atoms with Gasteiger partial charge in [0.05, 0.1) is 12.1 Å². The zero-order valence-electron chi connectivity index (χ0n) is 14.1. The van der Waals surface area contributed by atoms with E-state index in [4.69, 9.17) is 0 Å². The molecule has 0 amide bonds. The van der Waals surface area contributed by atoms with E-state index < -0.39 is 22.9 Å². The summed E-state index contributed by atoms with van der Waals surface area (Å²) in [5.74, 6) is -1.56. The van der Waals surface area contributed by atoms with Gasteiger partial charge in [-0.2, -0.15) is 4.68 Å². The molecule has 0 spiro atoms. The van der Waals surface area contributed by atoms with Gasteiger partial charge in [0.25, 0.3) is 5.91 Å². The Hall–Kier alpha value is -1.84. The van der Waals surface area contributed by atoms with Crippen LogP contribution in [-0.4, -0.2) is 55.1 Å². The second-order valence-electron chi connectivity index (χ2n) is 6.62. The van der Waals surface area contributed by atoms with Crippen molar-refractivity contribution < 1.29 is 18.7 Å². The van der Waals surface area contributed by atoms with E-state index >= 15 is 0 Å². The fraction of sp³-hybridized carbons (Fsp3) is 0.471. The van der Waals surface area contributed by atoms with Crippen molar-refractivity contribution >= 4 is 17.7 Å². The molecule has 2 aliphatic rings. The summed E-state index contributed by atoms with van der Waals surface area (Å²) in [5.41, 5.74) is 0.536. The molecule has 2 aliphatic heterocycles. The number of nitrogens with zero attached hydrogens (tertiary/aromatic N) is 4. The number of thioether (sulfide) groups is 1. The molecule has 0 bridgehead atoms. The van der Waals surface area contributed by atoms with Crippen molar-refractivity contribution in [1.82, 2.24) is 19.7 Å². The second kappa shape index (κ2) is 6.71. The number of piperidine rings is 1. The number of fused-ring (bicyclic) bond motifs is 1. The van der Waals surface area contributed by atoms with Crippen molar-refractivity contribution in [2.75, 3.05) is 13.1 Å². The minimum Gasteiger partial charge on any atom is -0.393 e. The number of aliphatic hydroxyl groups excluding tert-OH is 1. The lowest BCUT2D eigenvalue weighted by molar-refractivity contribution is 0.0551. The van der Waals surface area contributed by atoms with E-state index in [0.29, 0.717) is 42.5 Å². The average Bonchev–Trinajstić information content (AvgIpc) is 3.11. The number of aliphatic hydroxyl groups is 1. The highest BCUT2D eigenvalue weighted by atomic mass is 32.2. The summed E-state index contributed by atoms with van der Waals surface area (Å²) in [5, 5.41) is 13.9. The fourth-order valence-electron chi connectivity index (χ4n) is 3.54. The fourth-order valence-corrected chi connectivity index (χ4v) is 4.84. The lowest BCUT2D eigenvalue weighted by atomic mass is 9.97. The van der Waals surface area contributed by atoms with Gasteiger partial charge in [0.2, 0.25) is 0 Å². The summed E-state index contributed by atoms with van der Waals surface area (Å²) in [6, 6.07) is 3.31. The molecule has 2 atom stereocenters. The normalized spacial score (nSPS) is 22.6. The summed E-state index contributed by atoms with van der Waals surface area (Å²) < 4.78 is 28.5. The Morgan fingerprint density at radius 2 is 2.00 bits per heavy atom. The number of hydrogen-bond donors (Lipinski definition) is 1. The number of halogens is 2. The Kier molecular flexibility index (Phi) is 4.54. The zero-order chi connectivity index (χ0) is 18.4. The Bertz CT molecular complexity index is 851. The first-order chi connectivity index (χ1) is 12.4. The van der Waals surface area contributed by atoms with Gasteiger partial charge in [0, 0.05) is 13.1 Å². The molecule has 1 N–H and O–H groups in total. The molecular formula is C17H18F2N4O2S. The van der Waals surface area contributed by atoms with Gasteiger partial charge in [-0.25, -0.2) is 13.8 Å². The molecule has 2 aromatic rings. The van der Waals surface area contributed by atoms with E-state index in [9.17, 15) is 18.7 Å². The monoisotopic (exact) mass is 380 g/mol. The predicted octanol–water partition coefficient (Wildman–Crippen LogP) is 2.18. The van der Waals surface area contributed by atoms with Crippen LogP contribution in [0.2, 0.25) is 0 Å². The first-order valence-corrected chi connectivity index (χ1v) is 9.33. The van der Waals surface area contributed by atoms with E-state index in [1.165, 1.54) is 22.5 Å². The van der Waals surface area contributed by atoms with E-state index in [-0.39, 0.29) is 12.0 Å². The quantitative estimate of drug-likeness (QED) is 0.880. The maximum Gasteiger partial charge on any atom is 0.264 e. The van der Waals surface area contributed by atoms with Gasteiger partial charge < -0.3 is 5.11 Å². The molecule has 138 valence electrons. The number of hydrogen-bond acceptors (Lipinski definition) is 6. The Morgan fingerprint density at radius 1 is 1.27 bits per heavy atom. The molecule has 1 fully saturated rings. The predicted molar refractivity (Wildman–Crippen MR) is 90.9 cm³/mol. The molecule has 1 aromatic heterocycles. The molecule has 2 unspecified atom stereocenters. The SMILES string of the molecule is Cc1nc2n(n1)C(=O)C(C(c1ccc(F)c(F)c1)N1CCC(O)CC1)S2. The van der Waals surface area contributed by atoms with E-state index in [1.54, 1.807) is 6.92 Å². The maximum atomic E-state index is 13.9. The summed E-state index contributed by atoms with van der Waals surface area (Å²) in [4.78, 5) is 19.2. The van der Waals surface area contributed by atoms with Crippen LogP contribution in [0.25, 0.3) is 0 Å². The smallest absolute Gasteiger partial charge is 0.264 e. The van der Waals surface area contributed by atoms with Crippen LogP contribution in [0.5, 0.6) is 0 Å². The number of rotatable bonds is 3. The van der Waals surface area contributed by atoms with Gasteiger partial charge >= 0.3 is 0 Å². The number of likely N-dealkylation sites (tertiary alicyclic amines) is 1. The Labute approximate surface area is 153 Å². The summed E-state index contributed by atoms with van der Waals surface area (Å²) >= 11 is 1.29. The minimum atomic E-state index is -0.938. The second-order valence-corrected chi connectivity index (χ2v) is 7.72. The van der Waals surface area contributed by atoms with Gasteiger partial charge in [-0.3, -0.25) is 9.69 Å². The van der Waals surface area contributed by atoms with Crippen molar-refractivity contribution in [3.05, 3.63) is 41.2 Å². The van der Waals surface area contributed by atoms with Gasteiger partial charge in [-0.05, 0) is 37.5 Å². The third-order valence-electron chi connectivity index (χ3n) is 4.83. The molecule has 6 nitrogen and oxygen atoms in total. The number of carbonyl (C=O) groups excluding carboxylic acids is 1. The van der Waals surface area contributed by atoms with Gasteiger partial charge in [-0.1, -0.05) is 17.8 Å². The van der Waals surface area contributed by atoms with Crippen LogP contribution < -0.4 is 0 Å². The molecule has 26 heavy (non-hydrogen) atoms. The van der Waals surface area contributed by atoms with Crippen LogP contribution in [0, 0.1) is 18.6 Å². The first-order valence-electron chi connectivity index (χ1n) is 8.45. The summed E-state index contributed by atoms with van der Waals surface area (Å²) in [6.45, 7) is 2.86. The van der Waals surface area contributed by atoms with Crippen LogP contribution in [0.3, 0.4) is 0 Å². The van der Waals surface area contributed by atoms with Crippen LogP contribution in [0.1, 0.15) is 35.1 Å². The van der Waals surface area contributed by atoms with Crippen molar-refractivity contribution in [3.8, 4) is 0 Å². The van der Waals surface area contributed by atoms with Crippen molar-refractivity contribution in [2.45, 2.75) is 42.3 Å². The highest BCUT2D eigenvalue weighted by molar-refractivity contribution is 8.00. The molecule has 0 radical (unpaired) electrons. The number of benzene rings is 1. The summed E-state index contributed by atoms with van der Waals surface area (Å²) in [6.07, 6.45) is 0.782. The Balaban J connectivity index is 1.70. The number of carbonyl (C=O) groups is 1. The number of aryl methyl sites for hydroxylation is 1.